The van der Waals surface area contributed by atoms with Crippen LogP contribution in [0.1, 0.15) is 34.6 Å². The molecule has 29 heavy (non-hydrogen) atoms. The fourth-order valence-corrected chi connectivity index (χ4v) is 3.19. The third-order valence-electron chi connectivity index (χ3n) is 3.58. The lowest BCUT2D eigenvalue weighted by molar-refractivity contribution is -0.149. The number of aryl methyl sites for hydroxylation is 1. The maximum absolute atomic E-state index is 12.1. The Morgan fingerprint density at radius 1 is 1.10 bits per heavy atom. The largest absolute Gasteiger partial charge is 0.482 e. The van der Waals surface area contributed by atoms with Crippen LogP contribution in [0.4, 0.5) is 5.00 Å². The van der Waals surface area contributed by atoms with E-state index in [4.69, 9.17) is 19.5 Å². The highest BCUT2D eigenvalue weighted by atomic mass is 32.1. The normalized spacial score (nSPS) is 9.97. The van der Waals surface area contributed by atoms with E-state index >= 15 is 0 Å². The number of hydrogen-bond acceptors (Lipinski definition) is 8. The van der Waals surface area contributed by atoms with E-state index < -0.39 is 24.5 Å². The van der Waals surface area contributed by atoms with Crippen molar-refractivity contribution in [2.45, 2.75) is 20.3 Å². The number of esters is 2. The van der Waals surface area contributed by atoms with Crippen LogP contribution in [0.3, 0.4) is 0 Å². The molecule has 0 aliphatic rings. The van der Waals surface area contributed by atoms with Crippen LogP contribution in [0.5, 0.6) is 5.75 Å². The van der Waals surface area contributed by atoms with Crippen LogP contribution in [0.2, 0.25) is 0 Å². The summed E-state index contributed by atoms with van der Waals surface area (Å²) in [4.78, 5) is 36.8. The van der Waals surface area contributed by atoms with Crippen molar-refractivity contribution >= 4 is 34.2 Å². The van der Waals surface area contributed by atoms with Crippen LogP contribution in [0.25, 0.3) is 0 Å². The van der Waals surface area contributed by atoms with E-state index in [1.165, 1.54) is 11.3 Å². The lowest BCUT2D eigenvalue weighted by Crippen LogP contribution is -2.24. The number of hydrogen-bond donors (Lipinski definition) is 1. The molecule has 2 rings (SSSR count). The first-order valence-electron chi connectivity index (χ1n) is 8.85. The van der Waals surface area contributed by atoms with E-state index in [-0.39, 0.29) is 18.8 Å². The van der Waals surface area contributed by atoms with E-state index in [0.29, 0.717) is 22.7 Å². The van der Waals surface area contributed by atoms with Crippen molar-refractivity contribution in [1.82, 2.24) is 0 Å². The third kappa shape index (κ3) is 6.62. The third-order valence-corrected chi connectivity index (χ3v) is 4.78. The Hall–Kier alpha value is -3.38. The van der Waals surface area contributed by atoms with Crippen molar-refractivity contribution in [1.29, 1.82) is 5.26 Å². The van der Waals surface area contributed by atoms with Gasteiger partial charge in [-0.3, -0.25) is 4.79 Å². The van der Waals surface area contributed by atoms with Crippen LogP contribution in [-0.2, 0) is 25.5 Å². The van der Waals surface area contributed by atoms with Gasteiger partial charge in [0.2, 0.25) is 0 Å². The molecule has 1 N–H and O–H groups in total. The minimum atomic E-state index is -0.726. The molecule has 0 fully saturated rings. The maximum Gasteiger partial charge on any atom is 0.344 e. The molecule has 9 heteroatoms. The van der Waals surface area contributed by atoms with Crippen molar-refractivity contribution in [2.24, 2.45) is 0 Å². The van der Waals surface area contributed by atoms with Gasteiger partial charge in [0.05, 0.1) is 23.8 Å². The van der Waals surface area contributed by atoms with E-state index in [9.17, 15) is 14.4 Å². The average Bonchev–Trinajstić information content (AvgIpc) is 3.14. The van der Waals surface area contributed by atoms with E-state index in [1.54, 1.807) is 37.3 Å². The van der Waals surface area contributed by atoms with Gasteiger partial charge in [0.1, 0.15) is 10.8 Å². The van der Waals surface area contributed by atoms with Crippen molar-refractivity contribution in [3.05, 3.63) is 46.3 Å². The van der Waals surface area contributed by atoms with E-state index in [1.807, 2.05) is 13.0 Å². The Balaban J connectivity index is 1.84. The van der Waals surface area contributed by atoms with Gasteiger partial charge in [-0.25, -0.2) is 9.59 Å². The molecule has 0 aliphatic heterocycles. The van der Waals surface area contributed by atoms with Crippen molar-refractivity contribution in [2.75, 3.05) is 25.1 Å². The summed E-state index contributed by atoms with van der Waals surface area (Å²) in [5.41, 5.74) is 0.746. The SMILES string of the molecule is CCOC(=O)c1cc(CC)sc1NC(=O)COC(=O)COc1ccc(C#N)cc1. The van der Waals surface area contributed by atoms with Gasteiger partial charge < -0.3 is 19.5 Å². The van der Waals surface area contributed by atoms with Crippen LogP contribution in [0, 0.1) is 11.3 Å². The number of nitrogens with zero attached hydrogens (tertiary/aromatic N) is 1. The van der Waals surface area contributed by atoms with Gasteiger partial charge in [-0.2, -0.15) is 5.26 Å². The molecule has 1 amide bonds. The second kappa shape index (κ2) is 10.8. The topological polar surface area (TPSA) is 115 Å². The summed E-state index contributed by atoms with van der Waals surface area (Å²) in [6, 6.07) is 9.87. The smallest absolute Gasteiger partial charge is 0.344 e. The maximum atomic E-state index is 12.1. The van der Waals surface area contributed by atoms with Gasteiger partial charge in [-0.15, -0.1) is 11.3 Å². The zero-order chi connectivity index (χ0) is 21.2. The first-order chi connectivity index (χ1) is 14.0. The molecule has 0 spiro atoms. The first kappa shape index (κ1) is 21.9. The predicted molar refractivity (Wildman–Crippen MR) is 106 cm³/mol. The Labute approximate surface area is 172 Å². The number of amides is 1. The Morgan fingerprint density at radius 2 is 1.83 bits per heavy atom. The second-order valence-electron chi connectivity index (χ2n) is 5.66. The lowest BCUT2D eigenvalue weighted by Gasteiger charge is -2.08. The van der Waals surface area contributed by atoms with Gasteiger partial charge in [0.15, 0.2) is 13.2 Å². The lowest BCUT2D eigenvalue weighted by atomic mass is 10.2. The Kier molecular flexibility index (Phi) is 8.18. The minimum absolute atomic E-state index is 0.223. The van der Waals surface area contributed by atoms with Gasteiger partial charge in [-0.1, -0.05) is 6.92 Å². The highest BCUT2D eigenvalue weighted by Gasteiger charge is 2.19. The van der Waals surface area contributed by atoms with Crippen LogP contribution in [0.15, 0.2) is 30.3 Å². The average molecular weight is 416 g/mol. The predicted octanol–water partition coefficient (Wildman–Crippen LogP) is 2.92. The summed E-state index contributed by atoms with van der Waals surface area (Å²) in [6.45, 7) is 2.95. The number of carbonyl (C=O) groups excluding carboxylic acids is 3. The van der Waals surface area contributed by atoms with Crippen molar-refractivity contribution in [3.63, 3.8) is 0 Å². The standard InChI is InChI=1S/C20H20N2O6S/c1-3-15-9-16(20(25)26-4-2)19(29-15)22-17(23)11-28-18(24)12-27-14-7-5-13(10-21)6-8-14/h5-9H,3-4,11-12H2,1-2H3,(H,22,23). The van der Waals surface area contributed by atoms with Gasteiger partial charge >= 0.3 is 11.9 Å². The quantitative estimate of drug-likeness (QED) is 0.625. The number of benzene rings is 1. The molecule has 1 heterocycles. The molecule has 0 radical (unpaired) electrons. The zero-order valence-corrected chi connectivity index (χ0v) is 16.8. The Bertz CT molecular complexity index is 914. The summed E-state index contributed by atoms with van der Waals surface area (Å²) in [6.07, 6.45) is 0.703. The Morgan fingerprint density at radius 3 is 2.45 bits per heavy atom. The molecule has 0 unspecified atom stereocenters. The van der Waals surface area contributed by atoms with Gasteiger partial charge in [0, 0.05) is 4.88 Å². The summed E-state index contributed by atoms with van der Waals surface area (Å²) in [7, 11) is 0. The molecule has 8 nitrogen and oxygen atoms in total. The van der Waals surface area contributed by atoms with Gasteiger partial charge in [-0.05, 0) is 43.7 Å². The van der Waals surface area contributed by atoms with Gasteiger partial charge in [0.25, 0.3) is 5.91 Å². The highest BCUT2D eigenvalue weighted by Crippen LogP contribution is 2.29. The number of anilines is 1. The summed E-state index contributed by atoms with van der Waals surface area (Å²) in [5.74, 6) is -1.43. The number of carbonyl (C=O) groups is 3. The first-order valence-corrected chi connectivity index (χ1v) is 9.66. The molecule has 0 aliphatic carbocycles. The number of ether oxygens (including phenoxy) is 3. The number of nitrogens with one attached hydrogen (secondary N) is 1. The molecule has 0 saturated heterocycles. The number of thiophene rings is 1. The molecule has 1 aromatic heterocycles. The van der Waals surface area contributed by atoms with Crippen molar-refractivity contribution < 1.29 is 28.6 Å². The fourth-order valence-electron chi connectivity index (χ4n) is 2.19. The molecule has 0 atom stereocenters. The second-order valence-corrected chi connectivity index (χ2v) is 6.80. The molecule has 152 valence electrons. The monoisotopic (exact) mass is 416 g/mol. The summed E-state index contributed by atoms with van der Waals surface area (Å²) < 4.78 is 15.1. The molecule has 2 aromatic rings. The molecular weight excluding hydrogens is 396 g/mol. The molecule has 0 bridgehead atoms. The fraction of sp³-hybridized carbons (Fsp3) is 0.300. The summed E-state index contributed by atoms with van der Waals surface area (Å²) in [5, 5.41) is 11.7. The molecular formula is C20H20N2O6S. The van der Waals surface area contributed by atoms with E-state index in [0.717, 1.165) is 4.88 Å². The van der Waals surface area contributed by atoms with Crippen molar-refractivity contribution in [3.8, 4) is 11.8 Å². The van der Waals surface area contributed by atoms with E-state index in [2.05, 4.69) is 5.32 Å². The molecule has 1 aromatic carbocycles. The molecule has 0 saturated carbocycles. The zero-order valence-electron chi connectivity index (χ0n) is 16.0. The number of rotatable bonds is 9. The minimum Gasteiger partial charge on any atom is -0.482 e. The van der Waals surface area contributed by atoms with Crippen LogP contribution in [-0.4, -0.2) is 37.7 Å². The summed E-state index contributed by atoms with van der Waals surface area (Å²) >= 11 is 1.27. The van der Waals surface area contributed by atoms with Crippen LogP contribution < -0.4 is 10.1 Å². The van der Waals surface area contributed by atoms with Crippen LogP contribution >= 0.6 is 11.3 Å². The number of nitriles is 1. The highest BCUT2D eigenvalue weighted by molar-refractivity contribution is 7.16.